The summed E-state index contributed by atoms with van der Waals surface area (Å²) in [7, 11) is 0. The van der Waals surface area contributed by atoms with Gasteiger partial charge in [0.05, 0.1) is 5.41 Å². The van der Waals surface area contributed by atoms with Crippen molar-refractivity contribution >= 4 is 38.6 Å². The highest BCUT2D eigenvalue weighted by molar-refractivity contribution is 6.04. The van der Waals surface area contributed by atoms with Gasteiger partial charge in [-0.15, -0.1) is 0 Å². The molecule has 0 bridgehead atoms. The molecule has 0 radical (unpaired) electrons. The smallest absolute Gasteiger partial charge is 0.0725 e. The van der Waals surface area contributed by atoms with Gasteiger partial charge in [-0.25, -0.2) is 0 Å². The van der Waals surface area contributed by atoms with E-state index in [2.05, 4.69) is 196 Å². The van der Waals surface area contributed by atoms with Crippen LogP contribution >= 0.6 is 0 Å². The van der Waals surface area contributed by atoms with Crippen molar-refractivity contribution in [1.29, 1.82) is 0 Å². The van der Waals surface area contributed by atoms with Crippen molar-refractivity contribution in [3.8, 4) is 22.3 Å². The molecule has 0 atom stereocenters. The highest BCUT2D eigenvalue weighted by atomic mass is 15.1. The van der Waals surface area contributed by atoms with Gasteiger partial charge in [-0.05, 0) is 138 Å². The predicted molar refractivity (Wildman–Crippen MR) is 211 cm³/mol. The molecule has 0 N–H and O–H groups in total. The number of hydrogen-bond donors (Lipinski definition) is 0. The molecule has 10 rings (SSSR count). The van der Waals surface area contributed by atoms with Gasteiger partial charge < -0.3 is 4.90 Å². The molecule has 0 amide bonds. The van der Waals surface area contributed by atoms with Crippen molar-refractivity contribution in [2.45, 2.75) is 31.6 Å². The number of nitrogens with zero attached hydrogens (tertiary/aromatic N) is 1. The van der Waals surface area contributed by atoms with Gasteiger partial charge in [0.1, 0.15) is 0 Å². The van der Waals surface area contributed by atoms with E-state index in [1.807, 2.05) is 0 Å². The Bertz CT molecular complexity index is 2580. The van der Waals surface area contributed by atoms with Gasteiger partial charge in [0.2, 0.25) is 0 Å². The van der Waals surface area contributed by atoms with Crippen LogP contribution < -0.4 is 4.90 Å². The lowest BCUT2D eigenvalue weighted by Crippen LogP contribution is -2.25. The molecule has 0 unspecified atom stereocenters. The molecule has 1 heteroatoms. The van der Waals surface area contributed by atoms with E-state index in [1.54, 1.807) is 0 Å². The maximum atomic E-state index is 2.50. The van der Waals surface area contributed by atoms with Gasteiger partial charge in [0.15, 0.2) is 0 Å². The average molecular weight is 640 g/mol. The second-order valence-electron chi connectivity index (χ2n) is 15.0. The molecule has 2 aliphatic rings. The van der Waals surface area contributed by atoms with Crippen molar-refractivity contribution in [3.05, 3.63) is 198 Å². The molecule has 8 aromatic carbocycles. The van der Waals surface area contributed by atoms with Crippen LogP contribution in [-0.4, -0.2) is 0 Å². The molecule has 2 aliphatic carbocycles. The normalized spacial score (nSPS) is 13.7. The second kappa shape index (κ2) is 10.5. The minimum atomic E-state index is -0.395. The van der Waals surface area contributed by atoms with E-state index < -0.39 is 5.41 Å². The molecular weight excluding hydrogens is 603 g/mol. The minimum absolute atomic E-state index is 0.0935. The number of fused-ring (bicyclic) bond motifs is 12. The monoisotopic (exact) mass is 639 g/mol. The molecule has 0 aromatic heterocycles. The fourth-order valence-corrected chi connectivity index (χ4v) is 8.83. The third kappa shape index (κ3) is 4.07. The van der Waals surface area contributed by atoms with Crippen LogP contribution in [0.2, 0.25) is 0 Å². The quantitative estimate of drug-likeness (QED) is 0.186. The van der Waals surface area contributed by atoms with Crippen LogP contribution in [-0.2, 0) is 10.8 Å². The van der Waals surface area contributed by atoms with Crippen LogP contribution in [0.5, 0.6) is 0 Å². The largest absolute Gasteiger partial charge is 0.310 e. The zero-order chi connectivity index (χ0) is 33.6. The summed E-state index contributed by atoms with van der Waals surface area (Å²) < 4.78 is 0. The van der Waals surface area contributed by atoms with Crippen LogP contribution in [0.25, 0.3) is 43.8 Å². The first-order valence-electron chi connectivity index (χ1n) is 17.7. The minimum Gasteiger partial charge on any atom is -0.310 e. The van der Waals surface area contributed by atoms with Gasteiger partial charge in [-0.3, -0.25) is 0 Å². The number of para-hydroxylation sites is 1. The zero-order valence-electron chi connectivity index (χ0n) is 28.6. The Morgan fingerprint density at radius 1 is 0.360 bits per heavy atom. The third-order valence-electron chi connectivity index (χ3n) is 11.2. The Morgan fingerprint density at radius 3 is 1.46 bits per heavy atom. The maximum absolute atomic E-state index is 2.50. The van der Waals surface area contributed by atoms with Gasteiger partial charge in [0, 0.05) is 17.1 Å². The van der Waals surface area contributed by atoms with Gasteiger partial charge in [0.25, 0.3) is 0 Å². The summed E-state index contributed by atoms with van der Waals surface area (Å²) in [6, 6.07) is 63.6. The van der Waals surface area contributed by atoms with E-state index in [-0.39, 0.29) is 5.41 Å². The molecule has 0 saturated carbocycles. The maximum Gasteiger partial charge on any atom is 0.0725 e. The Balaban J connectivity index is 1.24. The van der Waals surface area contributed by atoms with Crippen LogP contribution in [0.1, 0.15) is 48.6 Å². The molecular formula is C49H37N. The second-order valence-corrected chi connectivity index (χ2v) is 15.0. The van der Waals surface area contributed by atoms with E-state index in [0.717, 1.165) is 17.1 Å². The highest BCUT2D eigenvalue weighted by Gasteiger charge is 2.51. The van der Waals surface area contributed by atoms with Crippen molar-refractivity contribution in [1.82, 2.24) is 0 Å². The lowest BCUT2D eigenvalue weighted by Gasteiger charge is -2.31. The molecule has 0 aliphatic heterocycles. The Kier molecular flexibility index (Phi) is 6.12. The zero-order valence-corrected chi connectivity index (χ0v) is 28.6. The number of rotatable bonds is 3. The number of hydrogen-bond acceptors (Lipinski definition) is 1. The summed E-state index contributed by atoms with van der Waals surface area (Å²) in [6.07, 6.45) is 0. The first-order valence-corrected chi connectivity index (χ1v) is 17.7. The topological polar surface area (TPSA) is 3.24 Å². The number of anilines is 3. The summed E-state index contributed by atoms with van der Waals surface area (Å²) in [5.74, 6) is 0. The molecule has 50 heavy (non-hydrogen) atoms. The average Bonchev–Trinajstić information content (AvgIpc) is 3.59. The third-order valence-corrected chi connectivity index (χ3v) is 11.2. The van der Waals surface area contributed by atoms with Crippen LogP contribution in [0.4, 0.5) is 17.1 Å². The molecule has 238 valence electrons. The van der Waals surface area contributed by atoms with Crippen molar-refractivity contribution in [2.75, 3.05) is 4.90 Å². The summed E-state index contributed by atoms with van der Waals surface area (Å²) in [5, 5.41) is 5.05. The summed E-state index contributed by atoms with van der Waals surface area (Å²) in [4.78, 5) is 2.39. The Hall–Kier alpha value is -5.92. The fourth-order valence-electron chi connectivity index (χ4n) is 8.83. The van der Waals surface area contributed by atoms with Gasteiger partial charge in [-0.2, -0.15) is 0 Å². The van der Waals surface area contributed by atoms with E-state index in [1.165, 1.54) is 71.6 Å². The summed E-state index contributed by atoms with van der Waals surface area (Å²) >= 11 is 0. The lowest BCUT2D eigenvalue weighted by molar-refractivity contribution is 0.590. The lowest BCUT2D eigenvalue weighted by atomic mass is 9.70. The standard InChI is InChI=1S/C49H37N/c1-48(2,3)36-22-25-38(26-23-36)50(37-15-5-4-6-16-37)39-24-21-34-29-43-42-28-32-13-7-8-14-33(32)30-46(42)49(47(43)31-35(34)27-39)44-19-11-9-17-40(44)41-18-10-12-20-45(41)49/h4-31H,1-3H3. The molecule has 8 aromatic rings. The molecule has 0 heterocycles. The fraction of sp³-hybridized carbons (Fsp3) is 0.102. The van der Waals surface area contributed by atoms with Gasteiger partial charge in [-0.1, -0.05) is 130 Å². The van der Waals surface area contributed by atoms with E-state index in [9.17, 15) is 0 Å². The van der Waals surface area contributed by atoms with Crippen molar-refractivity contribution in [2.24, 2.45) is 0 Å². The van der Waals surface area contributed by atoms with E-state index in [0.29, 0.717) is 0 Å². The first-order chi connectivity index (χ1) is 24.4. The van der Waals surface area contributed by atoms with Crippen molar-refractivity contribution in [3.63, 3.8) is 0 Å². The summed E-state index contributed by atoms with van der Waals surface area (Å²) in [6.45, 7) is 6.81. The van der Waals surface area contributed by atoms with E-state index in [4.69, 9.17) is 0 Å². The first kappa shape index (κ1) is 29.0. The van der Waals surface area contributed by atoms with Crippen LogP contribution in [0.15, 0.2) is 170 Å². The molecule has 0 fully saturated rings. The SMILES string of the molecule is CC(C)(C)c1ccc(N(c2ccccc2)c2ccc3cc4c(cc3c2)C2(c3ccccc3-c3ccccc32)c2cc3ccccc3cc2-4)cc1. The van der Waals surface area contributed by atoms with Crippen molar-refractivity contribution < 1.29 is 0 Å². The molecule has 0 saturated heterocycles. The summed E-state index contributed by atoms with van der Waals surface area (Å²) in [5.41, 5.74) is 15.3. The van der Waals surface area contributed by atoms with Crippen LogP contribution in [0.3, 0.4) is 0 Å². The van der Waals surface area contributed by atoms with Gasteiger partial charge >= 0.3 is 0 Å². The van der Waals surface area contributed by atoms with E-state index >= 15 is 0 Å². The molecule has 1 nitrogen and oxygen atoms in total. The Labute approximate surface area is 294 Å². The highest BCUT2D eigenvalue weighted by Crippen LogP contribution is 2.63. The van der Waals surface area contributed by atoms with Crippen LogP contribution in [0, 0.1) is 0 Å². The Morgan fingerprint density at radius 2 is 0.840 bits per heavy atom. The predicted octanol–water partition coefficient (Wildman–Crippen LogP) is 13.1. The molecule has 1 spiro atoms. The number of benzene rings is 8.